The van der Waals surface area contributed by atoms with E-state index in [1.807, 2.05) is 0 Å². The second-order valence-corrected chi connectivity index (χ2v) is 6.34. The lowest BCUT2D eigenvalue weighted by atomic mass is 10.3. The first-order valence-electron chi connectivity index (χ1n) is 7.47. The highest BCUT2D eigenvalue weighted by molar-refractivity contribution is 7.17. The molecule has 0 fully saturated rings. The number of nitrogens with one attached hydrogen (secondary N) is 1. The molecule has 0 spiro atoms. The summed E-state index contributed by atoms with van der Waals surface area (Å²) in [5.74, 6) is -2.47. The van der Waals surface area contributed by atoms with Crippen molar-refractivity contribution in [2.75, 3.05) is 25.5 Å². The Morgan fingerprint density at radius 3 is 2.48 bits per heavy atom. The van der Waals surface area contributed by atoms with Crippen molar-refractivity contribution in [3.8, 4) is 0 Å². The highest BCUT2D eigenvalue weighted by atomic mass is 32.1. The van der Waals surface area contributed by atoms with E-state index in [1.165, 1.54) is 37.4 Å². The molecule has 1 heterocycles. The van der Waals surface area contributed by atoms with Gasteiger partial charge in [0.15, 0.2) is 6.61 Å². The van der Waals surface area contributed by atoms with Gasteiger partial charge in [-0.05, 0) is 30.3 Å². The van der Waals surface area contributed by atoms with Crippen LogP contribution in [0.15, 0.2) is 36.4 Å². The molecule has 0 unspecified atom stereocenters. The van der Waals surface area contributed by atoms with Crippen molar-refractivity contribution in [3.05, 3.63) is 57.2 Å². The molecule has 9 nitrogen and oxygen atoms in total. The van der Waals surface area contributed by atoms with Crippen LogP contribution in [-0.4, -0.2) is 47.8 Å². The number of nitro groups is 1. The molecule has 0 aliphatic heterocycles. The Morgan fingerprint density at radius 2 is 1.89 bits per heavy atom. The second kappa shape index (κ2) is 8.85. The molecule has 0 atom stereocenters. The molecule has 2 rings (SSSR count). The summed E-state index contributed by atoms with van der Waals surface area (Å²) in [7, 11) is 1.34. The summed E-state index contributed by atoms with van der Waals surface area (Å²) in [4.78, 5) is 46.6. The number of hydrogen-bond donors (Lipinski definition) is 1. The average Bonchev–Trinajstić information content (AvgIpc) is 3.11. The normalized spacial score (nSPS) is 10.1. The summed E-state index contributed by atoms with van der Waals surface area (Å²) in [6.45, 7) is -0.927. The van der Waals surface area contributed by atoms with Gasteiger partial charge in [-0.3, -0.25) is 19.7 Å². The topological polar surface area (TPSA) is 119 Å². The van der Waals surface area contributed by atoms with Crippen molar-refractivity contribution in [3.63, 3.8) is 0 Å². The highest BCUT2D eigenvalue weighted by Gasteiger charge is 2.19. The fraction of sp³-hybridized carbons (Fsp3) is 0.188. The summed E-state index contributed by atoms with van der Waals surface area (Å²) in [5.41, 5.74) is 0.368. The van der Waals surface area contributed by atoms with Gasteiger partial charge in [-0.2, -0.15) is 0 Å². The van der Waals surface area contributed by atoms with Crippen LogP contribution in [0.1, 0.15) is 9.67 Å². The van der Waals surface area contributed by atoms with Crippen molar-refractivity contribution < 1.29 is 28.4 Å². The number of rotatable bonds is 7. The number of carbonyl (C=O) groups is 3. The molecule has 1 N–H and O–H groups in total. The van der Waals surface area contributed by atoms with Gasteiger partial charge in [-0.25, -0.2) is 9.18 Å². The molecule has 0 aliphatic rings. The number of thiophene rings is 1. The van der Waals surface area contributed by atoms with Gasteiger partial charge in [0.2, 0.25) is 5.91 Å². The molecule has 0 bridgehead atoms. The van der Waals surface area contributed by atoms with E-state index in [0.29, 0.717) is 17.0 Å². The van der Waals surface area contributed by atoms with Gasteiger partial charge in [0.25, 0.3) is 5.91 Å². The first-order chi connectivity index (χ1) is 12.8. The SMILES string of the molecule is CN(CC(=O)Nc1ccc(F)cc1)C(=O)COC(=O)c1ccc([N+](=O)[O-])s1. The molecule has 0 saturated heterocycles. The fourth-order valence-electron chi connectivity index (χ4n) is 1.88. The zero-order valence-electron chi connectivity index (χ0n) is 14.0. The molecule has 2 aromatic rings. The zero-order chi connectivity index (χ0) is 20.0. The van der Waals surface area contributed by atoms with Crippen LogP contribution in [0.25, 0.3) is 0 Å². The van der Waals surface area contributed by atoms with Crippen LogP contribution in [0.5, 0.6) is 0 Å². The van der Waals surface area contributed by atoms with Crippen molar-refractivity contribution in [1.82, 2.24) is 4.90 Å². The van der Waals surface area contributed by atoms with Gasteiger partial charge in [0, 0.05) is 18.8 Å². The Labute approximate surface area is 156 Å². The Kier molecular flexibility index (Phi) is 6.55. The maximum Gasteiger partial charge on any atom is 0.349 e. The van der Waals surface area contributed by atoms with E-state index >= 15 is 0 Å². The van der Waals surface area contributed by atoms with Crippen LogP contribution in [0.4, 0.5) is 15.1 Å². The van der Waals surface area contributed by atoms with E-state index < -0.39 is 35.1 Å². The second-order valence-electron chi connectivity index (χ2n) is 5.28. The number of amides is 2. The minimum absolute atomic E-state index is 0.00814. The summed E-state index contributed by atoms with van der Waals surface area (Å²) in [6, 6.07) is 7.50. The number of ether oxygens (including phenoxy) is 1. The molecule has 142 valence electrons. The quantitative estimate of drug-likeness (QED) is 0.435. The highest BCUT2D eigenvalue weighted by Crippen LogP contribution is 2.24. The lowest BCUT2D eigenvalue weighted by molar-refractivity contribution is -0.380. The predicted octanol–water partition coefficient (Wildman–Crippen LogP) is 2.05. The number of hydrogen-bond acceptors (Lipinski definition) is 7. The lowest BCUT2D eigenvalue weighted by Gasteiger charge is -2.16. The standard InChI is InChI=1S/C16H14FN3O6S/c1-19(8-13(21)18-11-4-2-10(17)3-5-11)14(22)9-26-16(23)12-6-7-15(27-12)20(24)25/h2-7H,8-9H2,1H3,(H,18,21). The number of anilines is 1. The van der Waals surface area contributed by atoms with Gasteiger partial charge < -0.3 is 15.0 Å². The minimum atomic E-state index is -0.870. The number of benzene rings is 1. The van der Waals surface area contributed by atoms with Crippen LogP contribution >= 0.6 is 11.3 Å². The molecular formula is C16H14FN3O6S. The minimum Gasteiger partial charge on any atom is -0.451 e. The molecule has 0 aliphatic carbocycles. The summed E-state index contributed by atoms with van der Waals surface area (Å²) in [6.07, 6.45) is 0. The van der Waals surface area contributed by atoms with E-state index in [2.05, 4.69) is 5.32 Å². The van der Waals surface area contributed by atoms with Crippen molar-refractivity contribution in [2.24, 2.45) is 0 Å². The Bertz CT molecular complexity index is 867. The number of likely N-dealkylation sites (N-methyl/N-ethyl adjacent to an activating group) is 1. The Balaban J connectivity index is 1.80. The largest absolute Gasteiger partial charge is 0.451 e. The molecule has 1 aromatic carbocycles. The van der Waals surface area contributed by atoms with Crippen LogP contribution < -0.4 is 5.32 Å². The molecular weight excluding hydrogens is 381 g/mol. The van der Waals surface area contributed by atoms with Crippen LogP contribution in [0, 0.1) is 15.9 Å². The number of esters is 1. The van der Waals surface area contributed by atoms with Gasteiger partial charge in [0.1, 0.15) is 10.7 Å². The van der Waals surface area contributed by atoms with Gasteiger partial charge >= 0.3 is 11.0 Å². The van der Waals surface area contributed by atoms with Crippen LogP contribution in [0.3, 0.4) is 0 Å². The molecule has 1 aromatic heterocycles. The Hall–Kier alpha value is -3.34. The van der Waals surface area contributed by atoms with E-state index in [9.17, 15) is 28.9 Å². The van der Waals surface area contributed by atoms with Gasteiger partial charge in [-0.15, -0.1) is 0 Å². The summed E-state index contributed by atoms with van der Waals surface area (Å²) >= 11 is 0.633. The van der Waals surface area contributed by atoms with E-state index in [1.54, 1.807) is 0 Å². The first-order valence-corrected chi connectivity index (χ1v) is 8.28. The van der Waals surface area contributed by atoms with Crippen molar-refractivity contribution in [1.29, 1.82) is 0 Å². The number of halogens is 1. The van der Waals surface area contributed by atoms with Crippen LogP contribution in [0.2, 0.25) is 0 Å². The molecule has 11 heteroatoms. The predicted molar refractivity (Wildman–Crippen MR) is 93.9 cm³/mol. The molecule has 0 saturated carbocycles. The zero-order valence-corrected chi connectivity index (χ0v) is 14.8. The molecule has 0 radical (unpaired) electrons. The fourth-order valence-corrected chi connectivity index (χ4v) is 2.60. The van der Waals surface area contributed by atoms with E-state index in [-0.39, 0.29) is 16.4 Å². The maximum atomic E-state index is 12.8. The molecule has 2 amide bonds. The third kappa shape index (κ3) is 5.85. The monoisotopic (exact) mass is 395 g/mol. The smallest absolute Gasteiger partial charge is 0.349 e. The van der Waals surface area contributed by atoms with E-state index in [0.717, 1.165) is 11.0 Å². The molecule has 27 heavy (non-hydrogen) atoms. The summed E-state index contributed by atoms with van der Waals surface area (Å²) < 4.78 is 17.6. The van der Waals surface area contributed by atoms with E-state index in [4.69, 9.17) is 4.74 Å². The summed E-state index contributed by atoms with van der Waals surface area (Å²) in [5, 5.41) is 12.9. The third-order valence-corrected chi connectivity index (χ3v) is 4.25. The lowest BCUT2D eigenvalue weighted by Crippen LogP contribution is -2.37. The Morgan fingerprint density at radius 1 is 1.22 bits per heavy atom. The number of carbonyl (C=O) groups excluding carboxylic acids is 3. The van der Waals surface area contributed by atoms with Crippen molar-refractivity contribution >= 4 is 39.8 Å². The van der Waals surface area contributed by atoms with Crippen molar-refractivity contribution in [2.45, 2.75) is 0 Å². The average molecular weight is 395 g/mol. The number of nitrogens with zero attached hydrogens (tertiary/aromatic N) is 2. The first kappa shape index (κ1) is 20.0. The maximum absolute atomic E-state index is 12.8. The third-order valence-electron chi connectivity index (χ3n) is 3.23. The van der Waals surface area contributed by atoms with Gasteiger partial charge in [0.05, 0.1) is 11.5 Å². The van der Waals surface area contributed by atoms with Gasteiger partial charge in [-0.1, -0.05) is 11.3 Å². The van der Waals surface area contributed by atoms with Crippen LogP contribution in [-0.2, 0) is 14.3 Å².